The van der Waals surface area contributed by atoms with Crippen LogP contribution in [0, 0.1) is 28.6 Å². The molecule has 9 unspecified atom stereocenters. The SMILES string of the molecule is CCC12CCC3OC3C=C1CCC1C3CCC(C(C)OC)C3(C)CCC12[SiH3]. The first-order valence-electron chi connectivity index (χ1n) is 11.8. The Labute approximate surface area is 169 Å². The molecule has 0 amide bonds. The highest BCUT2D eigenvalue weighted by atomic mass is 28.1. The number of allylic oxidation sites excluding steroid dienone is 1. The van der Waals surface area contributed by atoms with Crippen molar-refractivity contribution in [2.24, 2.45) is 28.6 Å². The zero-order valence-electron chi connectivity index (χ0n) is 18.2. The predicted octanol–water partition coefficient (Wildman–Crippen LogP) is 4.67. The largest absolute Gasteiger partial charge is 0.381 e. The lowest BCUT2D eigenvalue weighted by molar-refractivity contribution is -0.0714. The molecule has 2 nitrogen and oxygen atoms in total. The van der Waals surface area contributed by atoms with Gasteiger partial charge in [-0.25, -0.2) is 0 Å². The van der Waals surface area contributed by atoms with E-state index in [9.17, 15) is 0 Å². The summed E-state index contributed by atoms with van der Waals surface area (Å²) < 4.78 is 11.8. The van der Waals surface area contributed by atoms with Gasteiger partial charge in [-0.05, 0) is 98.3 Å². The Kier molecular flexibility index (Phi) is 4.33. The van der Waals surface area contributed by atoms with Crippen molar-refractivity contribution in [2.45, 2.75) is 102 Å². The fraction of sp³-hybridized carbons (Fsp3) is 0.917. The zero-order chi connectivity index (χ0) is 19.0. The second-order valence-electron chi connectivity index (χ2n) is 11.1. The molecule has 4 aliphatic carbocycles. The van der Waals surface area contributed by atoms with Gasteiger partial charge < -0.3 is 9.47 Å². The fourth-order valence-electron chi connectivity index (χ4n) is 9.07. The Morgan fingerprint density at radius 3 is 2.74 bits per heavy atom. The maximum absolute atomic E-state index is 5.92. The number of ether oxygens (including phenoxy) is 2. The van der Waals surface area contributed by atoms with Gasteiger partial charge in [0.15, 0.2) is 0 Å². The van der Waals surface area contributed by atoms with Crippen molar-refractivity contribution in [2.75, 3.05) is 7.11 Å². The first-order valence-corrected chi connectivity index (χ1v) is 12.8. The van der Waals surface area contributed by atoms with Gasteiger partial charge >= 0.3 is 0 Å². The molecule has 0 bridgehead atoms. The third kappa shape index (κ3) is 2.37. The van der Waals surface area contributed by atoms with E-state index in [0.717, 1.165) is 17.8 Å². The average Bonchev–Trinajstić information content (AvgIpc) is 3.33. The summed E-state index contributed by atoms with van der Waals surface area (Å²) in [6.45, 7) is 7.48. The van der Waals surface area contributed by atoms with Gasteiger partial charge in [0.1, 0.15) is 6.10 Å². The average molecular weight is 389 g/mol. The van der Waals surface area contributed by atoms with E-state index in [-0.39, 0.29) is 0 Å². The van der Waals surface area contributed by atoms with Crippen molar-refractivity contribution in [3.63, 3.8) is 0 Å². The van der Waals surface area contributed by atoms with Crippen LogP contribution in [0.15, 0.2) is 11.6 Å². The Morgan fingerprint density at radius 1 is 1.19 bits per heavy atom. The Morgan fingerprint density at radius 2 is 2.00 bits per heavy atom. The molecule has 0 radical (unpaired) electrons. The number of methoxy groups -OCH3 is 1. The molecule has 5 rings (SSSR count). The first kappa shape index (κ1) is 18.9. The van der Waals surface area contributed by atoms with Crippen LogP contribution in [0.2, 0.25) is 5.04 Å². The molecule has 0 N–H and O–H groups in total. The molecule has 1 saturated heterocycles. The van der Waals surface area contributed by atoms with Crippen LogP contribution in [-0.4, -0.2) is 35.7 Å². The quantitative estimate of drug-likeness (QED) is 0.398. The fourth-order valence-corrected chi connectivity index (χ4v) is 10.9. The minimum absolute atomic E-state index is 0.419. The maximum atomic E-state index is 5.92. The molecule has 5 aliphatic rings. The summed E-state index contributed by atoms with van der Waals surface area (Å²) in [6.07, 6.45) is 16.7. The Hall–Kier alpha value is -0.123. The summed E-state index contributed by atoms with van der Waals surface area (Å²) in [7, 11) is 3.28. The summed E-state index contributed by atoms with van der Waals surface area (Å²) in [6, 6.07) is 0. The van der Waals surface area contributed by atoms with Gasteiger partial charge in [-0.3, -0.25) is 0 Å². The van der Waals surface area contributed by atoms with Gasteiger partial charge in [-0.15, -0.1) is 0 Å². The van der Waals surface area contributed by atoms with E-state index >= 15 is 0 Å². The lowest BCUT2D eigenvalue weighted by Crippen LogP contribution is -2.55. The van der Waals surface area contributed by atoms with E-state index in [1.165, 1.54) is 68.0 Å². The van der Waals surface area contributed by atoms with Crippen LogP contribution in [0.1, 0.15) is 78.6 Å². The van der Waals surface area contributed by atoms with Gasteiger partial charge in [-0.2, -0.15) is 0 Å². The minimum atomic E-state index is 0.419. The molecule has 1 aliphatic heterocycles. The number of fused-ring (bicyclic) bond motifs is 6. The molecule has 3 saturated carbocycles. The van der Waals surface area contributed by atoms with E-state index in [0.29, 0.717) is 34.2 Å². The molecular weight excluding hydrogens is 348 g/mol. The molecule has 4 fully saturated rings. The summed E-state index contributed by atoms with van der Waals surface area (Å²) >= 11 is 0. The second-order valence-corrected chi connectivity index (χ2v) is 12.9. The van der Waals surface area contributed by atoms with E-state index in [1.54, 1.807) is 0 Å². The summed E-state index contributed by atoms with van der Waals surface area (Å²) in [5.41, 5.74) is 2.84. The molecule has 0 aromatic rings. The van der Waals surface area contributed by atoms with E-state index in [4.69, 9.17) is 9.47 Å². The lowest BCUT2D eigenvalue weighted by Gasteiger charge is -2.65. The predicted molar refractivity (Wildman–Crippen MR) is 114 cm³/mol. The van der Waals surface area contributed by atoms with Gasteiger partial charge in [0.05, 0.1) is 12.2 Å². The van der Waals surface area contributed by atoms with Crippen molar-refractivity contribution in [3.05, 3.63) is 11.6 Å². The molecule has 0 aromatic carbocycles. The molecule has 0 spiro atoms. The van der Waals surface area contributed by atoms with Crippen molar-refractivity contribution in [1.29, 1.82) is 0 Å². The lowest BCUT2D eigenvalue weighted by atomic mass is 9.45. The summed E-state index contributed by atoms with van der Waals surface area (Å²) in [5, 5.41) is 0.623. The minimum Gasteiger partial charge on any atom is -0.381 e. The van der Waals surface area contributed by atoms with Gasteiger partial charge in [0.2, 0.25) is 0 Å². The van der Waals surface area contributed by atoms with Crippen LogP contribution in [-0.2, 0) is 9.47 Å². The van der Waals surface area contributed by atoms with Crippen LogP contribution in [0.25, 0.3) is 0 Å². The van der Waals surface area contributed by atoms with Gasteiger partial charge in [0, 0.05) is 17.4 Å². The monoisotopic (exact) mass is 388 g/mol. The smallest absolute Gasteiger partial charge is 0.103 e. The van der Waals surface area contributed by atoms with Crippen LogP contribution in [0.5, 0.6) is 0 Å². The first-order chi connectivity index (χ1) is 12.9. The van der Waals surface area contributed by atoms with E-state index in [1.807, 2.05) is 12.7 Å². The molecule has 9 atom stereocenters. The van der Waals surface area contributed by atoms with Crippen molar-refractivity contribution < 1.29 is 9.47 Å². The molecular formula is C24H40O2Si. The van der Waals surface area contributed by atoms with Crippen molar-refractivity contribution >= 4 is 10.2 Å². The molecule has 3 heteroatoms. The highest BCUT2D eigenvalue weighted by Gasteiger charge is 2.65. The van der Waals surface area contributed by atoms with Gasteiger partial charge in [0.25, 0.3) is 0 Å². The molecule has 0 aromatic heterocycles. The summed E-state index contributed by atoms with van der Waals surface area (Å²) in [5.74, 6) is 2.66. The molecule has 1 heterocycles. The van der Waals surface area contributed by atoms with Crippen LogP contribution in [0.4, 0.5) is 0 Å². The highest BCUT2D eigenvalue weighted by Crippen LogP contribution is 2.75. The topological polar surface area (TPSA) is 21.8 Å². The van der Waals surface area contributed by atoms with Gasteiger partial charge in [-0.1, -0.05) is 25.5 Å². The summed E-state index contributed by atoms with van der Waals surface area (Å²) in [4.78, 5) is 0. The van der Waals surface area contributed by atoms with Crippen molar-refractivity contribution in [3.8, 4) is 0 Å². The Bertz CT molecular complexity index is 646. The third-order valence-electron chi connectivity index (χ3n) is 10.8. The maximum Gasteiger partial charge on any atom is 0.103 e. The number of rotatable bonds is 3. The van der Waals surface area contributed by atoms with E-state index < -0.39 is 0 Å². The third-order valence-corrected chi connectivity index (χ3v) is 13.0. The standard InChI is InChI=1S/C24H40O2Si/c1-5-23-11-10-20-21(26-20)14-16(23)6-7-19-18-9-8-17(15(2)25-4)22(18,3)12-13-24(19,23)27/h14-15,17-21H,5-13H2,1-4,27H3. The Balaban J connectivity index is 1.52. The number of epoxide rings is 1. The second kappa shape index (κ2) is 6.19. The van der Waals surface area contributed by atoms with Crippen LogP contribution >= 0.6 is 0 Å². The molecule has 152 valence electrons. The number of hydrogen-bond acceptors (Lipinski definition) is 2. The number of hydrogen-bond donors (Lipinski definition) is 0. The highest BCUT2D eigenvalue weighted by molar-refractivity contribution is 6.16. The molecule has 27 heavy (non-hydrogen) atoms. The van der Waals surface area contributed by atoms with Crippen molar-refractivity contribution in [1.82, 2.24) is 0 Å². The normalized spacial score (nSPS) is 54.8. The zero-order valence-corrected chi connectivity index (χ0v) is 20.2. The van der Waals surface area contributed by atoms with Crippen LogP contribution in [0.3, 0.4) is 0 Å². The van der Waals surface area contributed by atoms with E-state index in [2.05, 4.69) is 26.8 Å². The van der Waals surface area contributed by atoms with Crippen LogP contribution < -0.4 is 0 Å².